The molecule has 0 saturated carbocycles. The lowest BCUT2D eigenvalue weighted by Crippen LogP contribution is -2.37. The van der Waals surface area contributed by atoms with Gasteiger partial charge in [0.15, 0.2) is 9.84 Å². The number of sulfonamides is 1. The van der Waals surface area contributed by atoms with Crippen molar-refractivity contribution in [2.45, 2.75) is 30.2 Å². The number of carbonyl (C=O) groups is 1. The van der Waals surface area contributed by atoms with E-state index in [1.807, 2.05) is 0 Å². The molecule has 0 radical (unpaired) electrons. The number of nitrogens with zero attached hydrogens (tertiary/aromatic N) is 1. The summed E-state index contributed by atoms with van der Waals surface area (Å²) in [4.78, 5) is 13.9. The first-order valence-corrected chi connectivity index (χ1v) is 10.9. The first-order chi connectivity index (χ1) is 11.1. The van der Waals surface area contributed by atoms with Crippen LogP contribution in [0.5, 0.6) is 0 Å². The number of sulfone groups is 1. The third kappa shape index (κ3) is 4.55. The highest BCUT2D eigenvalue weighted by atomic mass is 32.2. The van der Waals surface area contributed by atoms with E-state index in [1.165, 1.54) is 24.1 Å². The van der Waals surface area contributed by atoms with Gasteiger partial charge in [-0.25, -0.2) is 21.6 Å². The second kappa shape index (κ2) is 7.20. The van der Waals surface area contributed by atoms with Crippen LogP contribution in [0.2, 0.25) is 0 Å². The molecule has 2 rings (SSSR count). The summed E-state index contributed by atoms with van der Waals surface area (Å²) < 4.78 is 48.5. The first-order valence-electron chi connectivity index (χ1n) is 7.63. The van der Waals surface area contributed by atoms with Crippen LogP contribution in [0.25, 0.3) is 0 Å². The highest BCUT2D eigenvalue weighted by Gasteiger charge is 2.32. The molecule has 0 spiro atoms. The molecule has 1 heterocycles. The molecule has 1 saturated heterocycles. The Morgan fingerprint density at radius 2 is 1.92 bits per heavy atom. The summed E-state index contributed by atoms with van der Waals surface area (Å²) in [5.74, 6) is 0.0618. The molecule has 1 amide bonds. The smallest absolute Gasteiger partial charge is 0.240 e. The van der Waals surface area contributed by atoms with Crippen LogP contribution in [0.1, 0.15) is 18.4 Å². The Hall–Kier alpha value is -1.45. The van der Waals surface area contributed by atoms with Crippen molar-refractivity contribution < 1.29 is 21.6 Å². The van der Waals surface area contributed by atoms with Crippen molar-refractivity contribution in [1.29, 1.82) is 0 Å². The Balaban J connectivity index is 1.92. The number of rotatable bonds is 6. The van der Waals surface area contributed by atoms with Crippen LogP contribution in [0.4, 0.5) is 0 Å². The molecule has 0 bridgehead atoms. The van der Waals surface area contributed by atoms with Gasteiger partial charge in [0, 0.05) is 19.5 Å². The summed E-state index contributed by atoms with van der Waals surface area (Å²) in [6.45, 7) is 0. The fourth-order valence-corrected chi connectivity index (χ4v) is 5.17. The zero-order chi connectivity index (χ0) is 18.0. The predicted molar refractivity (Wildman–Crippen MR) is 90.8 cm³/mol. The van der Waals surface area contributed by atoms with E-state index in [1.54, 1.807) is 19.2 Å². The summed E-state index contributed by atoms with van der Waals surface area (Å²) in [6.07, 6.45) is 1.22. The van der Waals surface area contributed by atoms with E-state index in [9.17, 15) is 21.6 Å². The normalized spacial score (nSPS) is 20.0. The average Bonchev–Trinajstić information content (AvgIpc) is 2.92. The second-order valence-corrected chi connectivity index (χ2v) is 10.0. The van der Waals surface area contributed by atoms with Crippen molar-refractivity contribution in [3.8, 4) is 0 Å². The number of carbonyl (C=O) groups excluding carboxylic acids is 1. The highest BCUT2D eigenvalue weighted by molar-refractivity contribution is 7.91. The molecule has 1 aromatic carbocycles. The maximum atomic E-state index is 12.2. The van der Waals surface area contributed by atoms with E-state index in [4.69, 9.17) is 0 Å². The average molecular weight is 374 g/mol. The number of nitrogens with one attached hydrogen (secondary N) is 1. The predicted octanol–water partition coefficient (Wildman–Crippen LogP) is 0.173. The summed E-state index contributed by atoms with van der Waals surface area (Å²) in [5.41, 5.74) is 0.853. The van der Waals surface area contributed by atoms with Crippen molar-refractivity contribution in [3.05, 3.63) is 29.8 Å². The summed E-state index contributed by atoms with van der Waals surface area (Å²) in [6, 6.07) is 6.11. The van der Waals surface area contributed by atoms with Crippen molar-refractivity contribution in [1.82, 2.24) is 9.62 Å². The molecule has 9 heteroatoms. The molecular weight excluding hydrogens is 352 g/mol. The van der Waals surface area contributed by atoms with Gasteiger partial charge in [0.1, 0.15) is 0 Å². The number of hydrogen-bond donors (Lipinski definition) is 1. The van der Waals surface area contributed by atoms with Gasteiger partial charge in [-0.1, -0.05) is 12.1 Å². The Bertz CT molecular complexity index is 801. The Labute approximate surface area is 143 Å². The zero-order valence-electron chi connectivity index (χ0n) is 13.7. The lowest BCUT2D eigenvalue weighted by molar-refractivity contribution is -0.131. The molecule has 1 aliphatic heterocycles. The first kappa shape index (κ1) is 18.9. The molecule has 0 aromatic heterocycles. The van der Waals surface area contributed by atoms with Crippen molar-refractivity contribution in [3.63, 3.8) is 0 Å². The molecule has 0 aliphatic carbocycles. The fourth-order valence-electron chi connectivity index (χ4n) is 2.67. The van der Waals surface area contributed by atoms with E-state index >= 15 is 0 Å². The molecule has 1 atom stereocenters. The Morgan fingerprint density at radius 3 is 2.42 bits per heavy atom. The number of amides is 1. The Kier molecular flexibility index (Phi) is 5.67. The van der Waals surface area contributed by atoms with E-state index in [0.29, 0.717) is 12.8 Å². The van der Waals surface area contributed by atoms with Crippen molar-refractivity contribution in [2.24, 2.45) is 0 Å². The van der Waals surface area contributed by atoms with Crippen LogP contribution in [0.3, 0.4) is 0 Å². The van der Waals surface area contributed by atoms with Crippen LogP contribution in [0, 0.1) is 0 Å². The van der Waals surface area contributed by atoms with Crippen LogP contribution in [-0.2, 0) is 31.1 Å². The minimum absolute atomic E-state index is 0.0335. The monoisotopic (exact) mass is 374 g/mol. The molecule has 24 heavy (non-hydrogen) atoms. The van der Waals surface area contributed by atoms with Gasteiger partial charge in [-0.2, -0.15) is 0 Å². The second-order valence-electron chi connectivity index (χ2n) is 5.91. The maximum Gasteiger partial charge on any atom is 0.240 e. The van der Waals surface area contributed by atoms with Gasteiger partial charge in [-0.05, 0) is 37.6 Å². The van der Waals surface area contributed by atoms with Gasteiger partial charge in [-0.3, -0.25) is 4.79 Å². The van der Waals surface area contributed by atoms with Gasteiger partial charge in [0.05, 0.1) is 16.4 Å². The third-order valence-corrected chi connectivity index (χ3v) is 7.46. The van der Waals surface area contributed by atoms with Gasteiger partial charge < -0.3 is 4.90 Å². The molecule has 134 valence electrons. The minimum atomic E-state index is -3.46. The van der Waals surface area contributed by atoms with E-state index in [-0.39, 0.29) is 34.8 Å². The highest BCUT2D eigenvalue weighted by Crippen LogP contribution is 2.18. The van der Waals surface area contributed by atoms with E-state index in [2.05, 4.69) is 4.72 Å². The number of hydrogen-bond acceptors (Lipinski definition) is 5. The summed E-state index contributed by atoms with van der Waals surface area (Å²) in [5, 5.41) is 0. The third-order valence-electron chi connectivity index (χ3n) is 4.28. The summed E-state index contributed by atoms with van der Waals surface area (Å²) in [7, 11) is -3.50. The number of aryl methyl sites for hydroxylation is 1. The molecule has 1 fully saturated rings. The van der Waals surface area contributed by atoms with Crippen molar-refractivity contribution >= 4 is 25.8 Å². The fraction of sp³-hybridized carbons (Fsp3) is 0.533. The topological polar surface area (TPSA) is 101 Å². The SMILES string of the molecule is CNS(=O)(=O)c1ccc(CCC(=O)N(C)C2CCS(=O)(=O)C2)cc1. The molecular formula is C15H22N2O5S2. The van der Waals surface area contributed by atoms with Gasteiger partial charge in [-0.15, -0.1) is 0 Å². The van der Waals surface area contributed by atoms with Crippen LogP contribution in [-0.4, -0.2) is 59.3 Å². The lowest BCUT2D eigenvalue weighted by Gasteiger charge is -2.23. The maximum absolute atomic E-state index is 12.2. The standard InChI is InChI=1S/C15H22N2O5S2/c1-16-24(21,22)14-6-3-12(4-7-14)5-8-15(18)17(2)13-9-10-23(19,20)11-13/h3-4,6-7,13,16H,5,8-11H2,1-2H3. The van der Waals surface area contributed by atoms with Gasteiger partial charge in [0.25, 0.3) is 0 Å². The van der Waals surface area contributed by atoms with Gasteiger partial charge >= 0.3 is 0 Å². The van der Waals surface area contributed by atoms with Crippen LogP contribution >= 0.6 is 0 Å². The molecule has 1 aliphatic rings. The molecule has 7 nitrogen and oxygen atoms in total. The van der Waals surface area contributed by atoms with E-state index in [0.717, 1.165) is 5.56 Å². The van der Waals surface area contributed by atoms with E-state index < -0.39 is 19.9 Å². The summed E-state index contributed by atoms with van der Waals surface area (Å²) >= 11 is 0. The van der Waals surface area contributed by atoms with Crippen LogP contribution in [0.15, 0.2) is 29.2 Å². The lowest BCUT2D eigenvalue weighted by atomic mass is 10.1. The van der Waals surface area contributed by atoms with Crippen molar-refractivity contribution in [2.75, 3.05) is 25.6 Å². The molecule has 1 unspecified atom stereocenters. The molecule has 1 aromatic rings. The van der Waals surface area contributed by atoms with Crippen LogP contribution < -0.4 is 4.72 Å². The minimum Gasteiger partial charge on any atom is -0.342 e. The largest absolute Gasteiger partial charge is 0.342 e. The Morgan fingerprint density at radius 1 is 1.29 bits per heavy atom. The number of benzene rings is 1. The van der Waals surface area contributed by atoms with Gasteiger partial charge in [0.2, 0.25) is 15.9 Å². The molecule has 1 N–H and O–H groups in total. The zero-order valence-corrected chi connectivity index (χ0v) is 15.4. The quantitative estimate of drug-likeness (QED) is 0.765.